The van der Waals surface area contributed by atoms with E-state index < -0.39 is 0 Å². The number of thiophene rings is 5. The minimum Gasteiger partial charge on any atom is -0.871 e. The first-order valence-corrected chi connectivity index (χ1v) is 40.2. The summed E-state index contributed by atoms with van der Waals surface area (Å²) >= 11 is 9.84. The van der Waals surface area contributed by atoms with Gasteiger partial charge in [-0.3, -0.25) is 19.9 Å². The molecule has 0 N–H and O–H groups in total. The predicted molar refractivity (Wildman–Crippen MR) is 473 cm³/mol. The van der Waals surface area contributed by atoms with Gasteiger partial charge in [-0.15, -0.1) is 79.4 Å². The van der Waals surface area contributed by atoms with Gasteiger partial charge in [-0.1, -0.05) is 69.9 Å². The molecule has 0 spiro atoms. The summed E-state index contributed by atoms with van der Waals surface area (Å²) in [6.45, 7) is 0. The van der Waals surface area contributed by atoms with E-state index in [1.165, 1.54) is 147 Å². The Balaban J connectivity index is 0.000000194. The van der Waals surface area contributed by atoms with E-state index in [9.17, 15) is 51.1 Å². The molecule has 0 bridgehead atoms. The van der Waals surface area contributed by atoms with Gasteiger partial charge in [0.25, 0.3) is 0 Å². The maximum Gasteiger partial charge on any atom is 3.00 e. The normalized spacial score (nSPS) is 10.2. The van der Waals surface area contributed by atoms with Gasteiger partial charge in [0.1, 0.15) is 54.2 Å². The molecule has 0 atom stereocenters. The molecular weight excluding hydrogens is 2150 g/mol. The molecule has 46 heteroatoms. The number of furan rings is 7. The topological polar surface area (TPSA) is 478 Å². The minimum atomic E-state index is -0.365. The SMILES string of the molecule is [Al+3].[Al+3].[Al+3].[Be+2].[Ga+3].[Ga+3].[Ga+3].[O-]c1coc2ccc3cccnc3c12.[O-]c1coc2ccc3cccnc3c12.[O-]c1coc2ccc3ncsc3c12.[O-]c1coc2ccc3ncsc3c12.[O-]c1csc2cccnc12.[O-]c1csc2ccoc12.[O-]c1csc2ccoc12.[O-]c1csc2ncc3ncoc3c12.[O-]c1csc2ncc3ncoc3c12.[O-]c1occ2cccnc12.[Zn+2].[Zn+2].[Zn+2]. The summed E-state index contributed by atoms with van der Waals surface area (Å²) < 4.78 is 49.7. The molecular formula is C82H40Al3BeGa3N10O19S7Zn3+16. The van der Waals surface area contributed by atoms with Gasteiger partial charge in [-0.2, -0.15) is 0 Å². The van der Waals surface area contributed by atoms with E-state index in [2.05, 4.69) is 54.3 Å². The van der Waals surface area contributed by atoms with Crippen LogP contribution < -0.4 is 51.1 Å². The van der Waals surface area contributed by atoms with E-state index in [1.807, 2.05) is 60.7 Å². The van der Waals surface area contributed by atoms with Crippen molar-refractivity contribution in [3.8, 4) is 57.7 Å². The third kappa shape index (κ3) is 22.6. The molecule has 4 aromatic carbocycles. The van der Waals surface area contributed by atoms with E-state index >= 15 is 0 Å². The van der Waals surface area contributed by atoms with Gasteiger partial charge in [-0.25, -0.2) is 29.9 Å². The average molecular weight is 2190 g/mol. The third-order valence-electron chi connectivity index (χ3n) is 17.2. The van der Waals surface area contributed by atoms with E-state index in [0.29, 0.717) is 120 Å². The van der Waals surface area contributed by atoms with Gasteiger partial charge in [0.05, 0.1) is 124 Å². The number of benzene rings is 4. The Bertz CT molecular complexity index is 7360. The molecule has 0 saturated carbocycles. The standard InChI is InChI=1S/2C11H7NO2.2C9H5NO2S.2C8H4N2O2S.C7H5NO2.C7H5NOS.2C6H4O2S.3Al.Be.3Ga.3Zn/c2*13-8-6-14-9-4-3-7-2-1-5-12-11(7)10(8)9;2*11-6-3-12-7-2-1-5-9(8(6)7)13-4-10-5;2*11-5-2-13-8-6(5)7-4(1-9-8)10-3-12-7;9-7-6-5(4-10-7)2-1-3-8-6;9-5-4-10-6-2-1-3-8-7(5)6;2*7-4-3-9-5-1-2-8-6(4)5;;;;;;;;;;/h2*1-6,13H;2*1-4,11H;2*1-3,11H;2*1-4,9H;2*1-3,7H;;;;;;;;;;/q;;;;;;;;;;3*+3;+2;3*+3;3*+2/p-10. The van der Waals surface area contributed by atoms with Crippen LogP contribution in [0.2, 0.25) is 0 Å². The second kappa shape index (κ2) is 48.0. The molecule has 584 valence electrons. The van der Waals surface area contributed by atoms with Crippen molar-refractivity contribution < 1.29 is 149 Å². The van der Waals surface area contributed by atoms with Crippen LogP contribution in [0.3, 0.4) is 0 Å². The number of pyridine rings is 6. The van der Waals surface area contributed by atoms with Gasteiger partial charge in [0, 0.05) is 73.3 Å². The Morgan fingerprint density at radius 3 is 1.07 bits per heavy atom. The summed E-state index contributed by atoms with van der Waals surface area (Å²) in [5, 5.41) is 126. The van der Waals surface area contributed by atoms with Crippen molar-refractivity contribution >= 4 is 371 Å². The minimum absolute atomic E-state index is 0. The first-order chi connectivity index (χ1) is 57.7. The van der Waals surface area contributed by atoms with Crippen LogP contribution in [0.1, 0.15) is 0 Å². The molecule has 22 heterocycles. The molecule has 0 radical (unpaired) electrons. The zero-order chi connectivity index (χ0) is 80.9. The van der Waals surface area contributed by atoms with Crippen LogP contribution in [0.25, 0.3) is 170 Å². The van der Waals surface area contributed by atoms with E-state index in [-0.39, 0.29) is 238 Å². The summed E-state index contributed by atoms with van der Waals surface area (Å²) in [7, 11) is 0. The van der Waals surface area contributed by atoms with Crippen molar-refractivity contribution in [3.05, 3.63) is 241 Å². The van der Waals surface area contributed by atoms with Crippen molar-refractivity contribution in [1.29, 1.82) is 0 Å². The molecule has 0 aliphatic heterocycles. The molecule has 26 aromatic rings. The molecule has 29 nitrogen and oxygen atoms in total. The summed E-state index contributed by atoms with van der Waals surface area (Å²) in [5.74, 6) is -0.802. The van der Waals surface area contributed by atoms with Gasteiger partial charge in [-0.05, 0) is 124 Å². The molecule has 26 rings (SSSR count). The van der Waals surface area contributed by atoms with Crippen LogP contribution in [0.4, 0.5) is 0 Å². The van der Waals surface area contributed by atoms with E-state index in [0.717, 1.165) is 50.7 Å². The maximum atomic E-state index is 11.5. The number of oxazole rings is 2. The first kappa shape index (κ1) is 106. The number of hydrogen-bond acceptors (Lipinski definition) is 36. The molecule has 0 saturated heterocycles. The Labute approximate surface area is 858 Å². The molecule has 0 unspecified atom stereocenters. The van der Waals surface area contributed by atoms with Crippen LogP contribution in [-0.4, -0.2) is 171 Å². The van der Waals surface area contributed by atoms with Crippen LogP contribution in [0.15, 0.2) is 281 Å². The zero-order valence-electron chi connectivity index (χ0n) is 65.5. The van der Waals surface area contributed by atoms with Crippen LogP contribution in [0.5, 0.6) is 57.7 Å². The fourth-order valence-electron chi connectivity index (χ4n) is 11.9. The fraction of sp³-hybridized carbons (Fsp3) is 0. The summed E-state index contributed by atoms with van der Waals surface area (Å²) in [5.41, 5.74) is 13.4. The van der Waals surface area contributed by atoms with Crippen LogP contribution in [0, 0.1) is 0 Å². The van der Waals surface area contributed by atoms with Crippen molar-refractivity contribution in [2.45, 2.75) is 0 Å². The van der Waals surface area contributed by atoms with Crippen LogP contribution in [-0.2, 0) is 58.4 Å². The van der Waals surface area contributed by atoms with Gasteiger partial charge in [0.2, 0.25) is 0 Å². The number of thiazole rings is 2. The summed E-state index contributed by atoms with van der Waals surface area (Å²) in [6.07, 6.45) is 21.8. The maximum absolute atomic E-state index is 11.5. The molecule has 0 aliphatic rings. The quantitative estimate of drug-likeness (QED) is 0.127. The molecule has 0 fully saturated rings. The molecule has 128 heavy (non-hydrogen) atoms. The first-order valence-electron chi connectivity index (χ1n) is 34.1. The van der Waals surface area contributed by atoms with Crippen molar-refractivity contribution in [2.75, 3.05) is 0 Å². The van der Waals surface area contributed by atoms with Crippen molar-refractivity contribution in [2.24, 2.45) is 0 Å². The average Bonchev–Trinajstić information content (AvgIpc) is 1.64. The summed E-state index contributed by atoms with van der Waals surface area (Å²) in [6, 6.07) is 33.0. The second-order valence-electron chi connectivity index (χ2n) is 24.3. The largest absolute Gasteiger partial charge is 3.00 e. The zero-order valence-corrected chi connectivity index (χ0v) is 90.8. The summed E-state index contributed by atoms with van der Waals surface area (Å²) in [4.78, 5) is 41.8. The van der Waals surface area contributed by atoms with Crippen molar-refractivity contribution in [3.63, 3.8) is 0 Å². The number of nitrogens with zero attached hydrogens (tertiary/aromatic N) is 10. The second-order valence-corrected chi connectivity index (χ2v) is 30.4. The smallest absolute Gasteiger partial charge is 0.871 e. The van der Waals surface area contributed by atoms with E-state index in [1.54, 1.807) is 113 Å². The molecule has 0 aliphatic carbocycles. The third-order valence-corrected chi connectivity index (χ3v) is 23.4. The van der Waals surface area contributed by atoms with Crippen molar-refractivity contribution in [1.82, 2.24) is 49.8 Å². The predicted octanol–water partition coefficient (Wildman–Crippen LogP) is 14.1. The van der Waals surface area contributed by atoms with Gasteiger partial charge >= 0.3 is 180 Å². The Morgan fingerprint density at radius 2 is 0.641 bits per heavy atom. The Kier molecular flexibility index (Phi) is 39.6. The fourth-order valence-corrected chi connectivity index (χ4v) is 17.3. The monoisotopic (exact) mass is 2180 g/mol. The van der Waals surface area contributed by atoms with E-state index in [4.69, 9.17) is 35.3 Å². The number of fused-ring (bicyclic) bond motifs is 22. The van der Waals surface area contributed by atoms with Gasteiger partial charge in [0.15, 0.2) is 24.0 Å². The van der Waals surface area contributed by atoms with Crippen LogP contribution >= 0.6 is 79.4 Å². The Hall–Kier alpha value is -9.37. The van der Waals surface area contributed by atoms with Gasteiger partial charge < -0.3 is 90.8 Å². The molecule has 22 aromatic heterocycles. The Morgan fingerprint density at radius 1 is 0.266 bits per heavy atom. The number of rotatable bonds is 0. The number of aromatic nitrogens is 10. The number of hydrogen-bond donors (Lipinski definition) is 0. The molecule has 0 amide bonds.